The second-order valence-corrected chi connectivity index (χ2v) is 8.31. The van der Waals surface area contributed by atoms with Crippen LogP contribution in [0.2, 0.25) is 5.02 Å². The number of anilines is 1. The van der Waals surface area contributed by atoms with Gasteiger partial charge in [0.1, 0.15) is 11.6 Å². The van der Waals surface area contributed by atoms with Gasteiger partial charge in [-0.3, -0.25) is 4.79 Å². The van der Waals surface area contributed by atoms with Gasteiger partial charge in [-0.25, -0.2) is 9.37 Å². The van der Waals surface area contributed by atoms with Crippen LogP contribution in [-0.2, 0) is 14.9 Å². The number of ether oxygens (including phenoxy) is 2. The smallest absolute Gasteiger partial charge is 0.236 e. The Morgan fingerprint density at radius 2 is 1.97 bits per heavy atom. The number of halogens is 2. The van der Waals surface area contributed by atoms with Gasteiger partial charge in [-0.2, -0.15) is 0 Å². The first kappa shape index (κ1) is 20.8. The molecule has 30 heavy (non-hydrogen) atoms. The lowest BCUT2D eigenvalue weighted by Crippen LogP contribution is -2.44. The Bertz CT molecular complexity index is 1050. The van der Waals surface area contributed by atoms with Crippen LogP contribution in [0.5, 0.6) is 5.75 Å². The summed E-state index contributed by atoms with van der Waals surface area (Å²) in [6.07, 6.45) is 1.05. The van der Waals surface area contributed by atoms with Gasteiger partial charge in [-0.05, 0) is 48.7 Å². The Hall–Kier alpha value is -2.48. The number of nitrogens with one attached hydrogen (secondary N) is 1. The van der Waals surface area contributed by atoms with Crippen molar-refractivity contribution in [2.24, 2.45) is 0 Å². The van der Waals surface area contributed by atoms with Gasteiger partial charge in [0, 0.05) is 24.2 Å². The molecule has 1 N–H and O–H groups in total. The van der Waals surface area contributed by atoms with E-state index in [9.17, 15) is 9.18 Å². The molecule has 1 aliphatic heterocycles. The molecule has 0 atom stereocenters. The molecule has 0 unspecified atom stereocenters. The highest BCUT2D eigenvalue weighted by Gasteiger charge is 2.42. The molecule has 0 spiro atoms. The van der Waals surface area contributed by atoms with E-state index in [-0.39, 0.29) is 11.7 Å². The van der Waals surface area contributed by atoms with Crippen molar-refractivity contribution >= 4 is 34.0 Å². The highest BCUT2D eigenvalue weighted by molar-refractivity contribution is 7.14. The van der Waals surface area contributed by atoms with E-state index in [0.29, 0.717) is 47.7 Å². The van der Waals surface area contributed by atoms with Gasteiger partial charge in [-0.1, -0.05) is 23.7 Å². The Balaban J connectivity index is 1.58. The fourth-order valence-electron chi connectivity index (χ4n) is 3.64. The Morgan fingerprint density at radius 1 is 1.23 bits per heavy atom. The zero-order chi connectivity index (χ0) is 21.1. The number of carbonyl (C=O) groups excluding carboxylic acids is 1. The molecule has 0 saturated carbocycles. The molecule has 1 saturated heterocycles. The first-order valence-electron chi connectivity index (χ1n) is 9.46. The summed E-state index contributed by atoms with van der Waals surface area (Å²) in [7, 11) is 1.56. The van der Waals surface area contributed by atoms with E-state index in [2.05, 4.69) is 10.3 Å². The van der Waals surface area contributed by atoms with E-state index < -0.39 is 5.41 Å². The number of hydrogen-bond donors (Lipinski definition) is 1. The second-order valence-electron chi connectivity index (χ2n) is 7.04. The molecular formula is C22H20ClFN2O3S. The predicted molar refractivity (Wildman–Crippen MR) is 116 cm³/mol. The third-order valence-corrected chi connectivity index (χ3v) is 6.40. The van der Waals surface area contributed by atoms with Crippen molar-refractivity contribution in [2.45, 2.75) is 18.3 Å². The Kier molecular flexibility index (Phi) is 6.04. The minimum atomic E-state index is -0.777. The van der Waals surface area contributed by atoms with Crippen molar-refractivity contribution in [1.82, 2.24) is 4.98 Å². The maximum atomic E-state index is 13.4. The minimum Gasteiger partial charge on any atom is -0.495 e. The van der Waals surface area contributed by atoms with Crippen molar-refractivity contribution in [3.05, 3.63) is 64.2 Å². The summed E-state index contributed by atoms with van der Waals surface area (Å²) in [5.74, 6) is 0.0973. The van der Waals surface area contributed by atoms with Crippen LogP contribution in [0, 0.1) is 5.82 Å². The number of nitrogens with zero attached hydrogens (tertiary/aromatic N) is 1. The van der Waals surface area contributed by atoms with Gasteiger partial charge >= 0.3 is 0 Å². The van der Waals surface area contributed by atoms with Gasteiger partial charge < -0.3 is 14.8 Å². The molecular weight excluding hydrogens is 427 g/mol. The lowest BCUT2D eigenvalue weighted by molar-refractivity contribution is -0.125. The van der Waals surface area contributed by atoms with Gasteiger partial charge in [0.15, 0.2) is 5.13 Å². The van der Waals surface area contributed by atoms with E-state index in [1.165, 1.54) is 23.5 Å². The number of rotatable bonds is 5. The third kappa shape index (κ3) is 4.05. The molecule has 3 aromatic rings. The molecule has 156 valence electrons. The first-order valence-corrected chi connectivity index (χ1v) is 10.7. The molecule has 2 aromatic carbocycles. The van der Waals surface area contributed by atoms with E-state index in [1.54, 1.807) is 31.4 Å². The lowest BCUT2D eigenvalue weighted by Gasteiger charge is -2.36. The molecule has 0 aliphatic carbocycles. The van der Waals surface area contributed by atoms with Crippen LogP contribution in [0.3, 0.4) is 0 Å². The molecule has 5 nitrogen and oxygen atoms in total. The zero-order valence-corrected chi connectivity index (χ0v) is 17.9. The van der Waals surface area contributed by atoms with Crippen molar-refractivity contribution in [3.8, 4) is 17.0 Å². The summed E-state index contributed by atoms with van der Waals surface area (Å²) < 4.78 is 24.1. The van der Waals surface area contributed by atoms with Crippen molar-refractivity contribution in [1.29, 1.82) is 0 Å². The van der Waals surface area contributed by atoms with Crippen LogP contribution >= 0.6 is 22.9 Å². The van der Waals surface area contributed by atoms with E-state index >= 15 is 0 Å². The monoisotopic (exact) mass is 446 g/mol. The zero-order valence-electron chi connectivity index (χ0n) is 16.3. The maximum absolute atomic E-state index is 13.4. The van der Waals surface area contributed by atoms with Crippen LogP contribution < -0.4 is 10.1 Å². The van der Waals surface area contributed by atoms with E-state index in [1.807, 2.05) is 11.4 Å². The molecule has 1 aliphatic rings. The summed E-state index contributed by atoms with van der Waals surface area (Å²) in [4.78, 5) is 17.9. The molecule has 8 heteroatoms. The Labute approximate surface area is 182 Å². The van der Waals surface area contributed by atoms with Crippen LogP contribution in [0.25, 0.3) is 11.3 Å². The van der Waals surface area contributed by atoms with Gasteiger partial charge in [0.25, 0.3) is 0 Å². The van der Waals surface area contributed by atoms with E-state index in [0.717, 1.165) is 11.1 Å². The molecule has 2 heterocycles. The fraction of sp³-hybridized carbons (Fsp3) is 0.273. The number of methoxy groups -OCH3 is 1. The largest absolute Gasteiger partial charge is 0.495 e. The Morgan fingerprint density at radius 3 is 2.63 bits per heavy atom. The SMILES string of the molecule is COc1ccc(-c2csc(NC(=O)C3(c4ccc(F)cc4)CCOCC3)n2)cc1Cl. The van der Waals surface area contributed by atoms with Crippen molar-refractivity contribution < 1.29 is 18.7 Å². The fourth-order valence-corrected chi connectivity index (χ4v) is 4.61. The quantitative estimate of drug-likeness (QED) is 0.577. The van der Waals surface area contributed by atoms with Crippen LogP contribution in [0.15, 0.2) is 47.8 Å². The molecule has 4 rings (SSSR count). The molecule has 1 amide bonds. The number of amides is 1. The van der Waals surface area contributed by atoms with Gasteiger partial charge in [-0.15, -0.1) is 11.3 Å². The second kappa shape index (κ2) is 8.71. The molecule has 0 bridgehead atoms. The van der Waals surface area contributed by atoms with Gasteiger partial charge in [0.05, 0.1) is 23.2 Å². The number of carbonyl (C=O) groups is 1. The summed E-state index contributed by atoms with van der Waals surface area (Å²) in [6, 6.07) is 11.5. The highest BCUT2D eigenvalue weighted by atomic mass is 35.5. The predicted octanol–water partition coefficient (Wildman–Crippen LogP) is 5.30. The summed E-state index contributed by atoms with van der Waals surface area (Å²) in [5, 5.41) is 5.80. The third-order valence-electron chi connectivity index (χ3n) is 5.35. The average Bonchev–Trinajstić information content (AvgIpc) is 3.23. The maximum Gasteiger partial charge on any atom is 0.236 e. The number of aromatic nitrogens is 1. The molecule has 1 fully saturated rings. The summed E-state index contributed by atoms with van der Waals surface area (Å²) in [6.45, 7) is 0.941. The molecule has 0 radical (unpaired) electrons. The summed E-state index contributed by atoms with van der Waals surface area (Å²) in [5.41, 5.74) is 1.55. The van der Waals surface area contributed by atoms with Gasteiger partial charge in [0.2, 0.25) is 5.91 Å². The topological polar surface area (TPSA) is 60.5 Å². The number of thiazole rings is 1. The molecule has 1 aromatic heterocycles. The van der Waals surface area contributed by atoms with E-state index in [4.69, 9.17) is 21.1 Å². The van der Waals surface area contributed by atoms with Crippen LogP contribution in [0.1, 0.15) is 18.4 Å². The normalized spacial score (nSPS) is 15.6. The number of hydrogen-bond acceptors (Lipinski definition) is 5. The van der Waals surface area contributed by atoms with Crippen LogP contribution in [0.4, 0.5) is 9.52 Å². The first-order chi connectivity index (χ1) is 14.5. The van der Waals surface area contributed by atoms with Crippen molar-refractivity contribution in [2.75, 3.05) is 25.6 Å². The average molecular weight is 447 g/mol. The highest BCUT2D eigenvalue weighted by Crippen LogP contribution is 2.37. The lowest BCUT2D eigenvalue weighted by atomic mass is 9.73. The van der Waals surface area contributed by atoms with Crippen molar-refractivity contribution in [3.63, 3.8) is 0 Å². The standard InChI is InChI=1S/C22H20ClFN2O3S/c1-28-19-7-2-14(12-17(19)23)18-13-30-21(25-18)26-20(27)22(8-10-29-11-9-22)15-3-5-16(24)6-4-15/h2-7,12-13H,8-11H2,1H3,(H,25,26,27). The van der Waals surface area contributed by atoms with Crippen LogP contribution in [-0.4, -0.2) is 31.2 Å². The number of benzene rings is 2. The summed E-state index contributed by atoms with van der Waals surface area (Å²) >= 11 is 7.55. The minimum absolute atomic E-state index is 0.161.